The van der Waals surface area contributed by atoms with Gasteiger partial charge in [-0.05, 0) is 19.4 Å². The topological polar surface area (TPSA) is 125 Å². The van der Waals surface area contributed by atoms with Gasteiger partial charge in [-0.1, -0.05) is 60.7 Å². The number of hydrogen-bond donors (Lipinski definition) is 3. The molecule has 0 bridgehead atoms. The summed E-state index contributed by atoms with van der Waals surface area (Å²) >= 11 is 0. The van der Waals surface area contributed by atoms with Crippen LogP contribution in [0, 0.1) is 0 Å². The van der Waals surface area contributed by atoms with Gasteiger partial charge in [0, 0.05) is 30.8 Å². The first kappa shape index (κ1) is 26.1. The van der Waals surface area contributed by atoms with Crippen molar-refractivity contribution in [1.29, 1.82) is 0 Å². The van der Waals surface area contributed by atoms with E-state index in [1.54, 1.807) is 36.4 Å². The van der Waals surface area contributed by atoms with E-state index in [0.717, 1.165) is 0 Å². The van der Waals surface area contributed by atoms with Gasteiger partial charge in [-0.2, -0.15) is 0 Å². The molecule has 4 N–H and O–H groups in total. The second kappa shape index (κ2) is 14.8. The maximum Gasteiger partial charge on any atom is 0.320 e. The Hall–Kier alpha value is -3.20. The Balaban J connectivity index is 1.78. The molecule has 8 nitrogen and oxygen atoms in total. The molecule has 0 radical (unpaired) electrons. The summed E-state index contributed by atoms with van der Waals surface area (Å²) in [5.41, 5.74) is 6.85. The van der Waals surface area contributed by atoms with E-state index in [4.69, 9.17) is 10.8 Å². The molecule has 0 unspecified atom stereocenters. The lowest BCUT2D eigenvalue weighted by Crippen LogP contribution is -2.37. The number of hydrogen-bond acceptors (Lipinski definition) is 7. The van der Waals surface area contributed by atoms with Crippen LogP contribution in [0.1, 0.15) is 33.6 Å². The van der Waals surface area contributed by atoms with Gasteiger partial charge in [0.15, 0.2) is 5.78 Å². The molecule has 0 aliphatic heterocycles. The molecule has 0 aliphatic rings. The molecule has 0 amide bonds. The predicted molar refractivity (Wildman–Crippen MR) is 129 cm³/mol. The molecule has 0 fully saturated rings. The minimum Gasteiger partial charge on any atom is -0.480 e. The number of ketones is 2. The van der Waals surface area contributed by atoms with Gasteiger partial charge in [0.2, 0.25) is 5.78 Å². The van der Waals surface area contributed by atoms with Crippen LogP contribution in [0.25, 0.3) is 0 Å². The maximum absolute atomic E-state index is 12.2. The molecule has 8 heteroatoms. The minimum atomic E-state index is -1.01. The first-order valence-corrected chi connectivity index (χ1v) is 11.1. The van der Waals surface area contributed by atoms with E-state index in [2.05, 4.69) is 15.2 Å². The second-order valence-electron chi connectivity index (χ2n) is 7.66. The third-order valence-corrected chi connectivity index (χ3v) is 5.10. The molecule has 2 aromatic rings. The molecule has 176 valence electrons. The molecular weight excluding hydrogens is 420 g/mol. The number of nitrogens with two attached hydrogens (primary N) is 1. The zero-order valence-electron chi connectivity index (χ0n) is 18.7. The van der Waals surface area contributed by atoms with E-state index >= 15 is 0 Å². The number of nitrogens with zero attached hydrogens (tertiary/aromatic N) is 2. The van der Waals surface area contributed by atoms with Gasteiger partial charge in [-0.15, -0.1) is 0 Å². The number of rotatable bonds is 16. The van der Waals surface area contributed by atoms with Crippen LogP contribution in [-0.4, -0.2) is 79.1 Å². The highest BCUT2D eigenvalue weighted by atomic mass is 16.4. The van der Waals surface area contributed by atoms with Gasteiger partial charge in [-0.25, -0.2) is 0 Å². The number of carbonyl (C=O) groups is 3. The molecule has 1 atom stereocenters. The third kappa shape index (κ3) is 10.3. The van der Waals surface area contributed by atoms with Crippen LogP contribution < -0.4 is 11.1 Å². The van der Waals surface area contributed by atoms with Crippen molar-refractivity contribution in [1.82, 2.24) is 10.2 Å². The number of benzene rings is 2. The highest BCUT2D eigenvalue weighted by molar-refractivity contribution is 6.35. The van der Waals surface area contributed by atoms with E-state index in [1.165, 1.54) is 6.21 Å². The Morgan fingerprint density at radius 2 is 1.61 bits per heavy atom. The van der Waals surface area contributed by atoms with Crippen molar-refractivity contribution in [3.63, 3.8) is 0 Å². The van der Waals surface area contributed by atoms with E-state index < -0.39 is 12.0 Å². The van der Waals surface area contributed by atoms with E-state index in [1.807, 2.05) is 24.3 Å². The van der Waals surface area contributed by atoms with E-state index in [-0.39, 0.29) is 18.1 Å². The fourth-order valence-corrected chi connectivity index (χ4v) is 3.18. The van der Waals surface area contributed by atoms with Crippen molar-refractivity contribution < 1.29 is 19.5 Å². The molecule has 0 aromatic heterocycles. The first-order chi connectivity index (χ1) is 16.0. The molecular formula is C25H32N4O4. The standard InChI is InChI=1S/C25H32N4O4/c26-22(25(32)33)12-7-15-29(16-13-27-18-23(30)20-8-3-1-4-9-20)17-14-28-19-24(31)21-10-5-2-6-11-21/h1-6,8-11,18,22,28H,7,12-17,19,26H2,(H,32,33)/b27-18+/t22-/m0/s1. The average molecular weight is 453 g/mol. The molecule has 0 saturated heterocycles. The van der Waals surface area contributed by atoms with Crippen LogP contribution in [0.15, 0.2) is 65.7 Å². The van der Waals surface area contributed by atoms with Gasteiger partial charge in [0.25, 0.3) is 0 Å². The largest absolute Gasteiger partial charge is 0.480 e. The summed E-state index contributed by atoms with van der Waals surface area (Å²) in [5, 5.41) is 12.1. The van der Waals surface area contributed by atoms with Gasteiger partial charge < -0.3 is 21.1 Å². The SMILES string of the molecule is N[C@@H](CCCN(CC/N=C/C(=O)c1ccccc1)CCNCC(=O)c1ccccc1)C(=O)O. The van der Waals surface area contributed by atoms with Crippen LogP contribution >= 0.6 is 0 Å². The maximum atomic E-state index is 12.2. The number of carbonyl (C=O) groups excluding carboxylic acids is 2. The number of aliphatic imine (C=N–C) groups is 1. The fraction of sp³-hybridized carbons (Fsp3) is 0.360. The lowest BCUT2D eigenvalue weighted by atomic mass is 10.1. The van der Waals surface area contributed by atoms with Crippen LogP contribution in [0.5, 0.6) is 0 Å². The molecule has 0 spiro atoms. The normalized spacial score (nSPS) is 12.2. The van der Waals surface area contributed by atoms with Gasteiger partial charge in [-0.3, -0.25) is 19.4 Å². The molecule has 0 saturated carbocycles. The molecule has 2 rings (SSSR count). The minimum absolute atomic E-state index is 0.0265. The van der Waals surface area contributed by atoms with Gasteiger partial charge >= 0.3 is 5.97 Å². The summed E-state index contributed by atoms with van der Waals surface area (Å²) in [6, 6.07) is 17.2. The Labute approximate surface area is 194 Å². The van der Waals surface area contributed by atoms with E-state index in [0.29, 0.717) is 56.7 Å². The Morgan fingerprint density at radius 3 is 2.24 bits per heavy atom. The molecule has 0 heterocycles. The summed E-state index contributed by atoms with van der Waals surface area (Å²) in [6.45, 7) is 3.19. The lowest BCUT2D eigenvalue weighted by Gasteiger charge is -2.22. The number of Topliss-reactive ketones (excluding diaryl/α,β-unsaturated/α-hetero) is 2. The highest BCUT2D eigenvalue weighted by Crippen LogP contribution is 2.01. The van der Waals surface area contributed by atoms with Crippen LogP contribution in [0.3, 0.4) is 0 Å². The summed E-state index contributed by atoms with van der Waals surface area (Å²) in [6.07, 6.45) is 2.34. The number of carboxylic acid groups (broad SMARTS) is 1. The molecule has 33 heavy (non-hydrogen) atoms. The zero-order valence-corrected chi connectivity index (χ0v) is 18.7. The smallest absolute Gasteiger partial charge is 0.320 e. The number of nitrogens with one attached hydrogen (secondary N) is 1. The number of aliphatic carboxylic acids is 1. The van der Waals surface area contributed by atoms with Crippen molar-refractivity contribution in [2.75, 3.05) is 39.3 Å². The highest BCUT2D eigenvalue weighted by Gasteiger charge is 2.12. The molecule has 2 aromatic carbocycles. The van der Waals surface area contributed by atoms with Crippen molar-refractivity contribution in [2.45, 2.75) is 18.9 Å². The van der Waals surface area contributed by atoms with Gasteiger partial charge in [0.05, 0.1) is 19.3 Å². The zero-order chi connectivity index (χ0) is 23.9. The molecule has 0 aliphatic carbocycles. The van der Waals surface area contributed by atoms with Crippen LogP contribution in [0.4, 0.5) is 0 Å². The Kier molecular flexibility index (Phi) is 11.7. The Bertz CT molecular complexity index is 903. The summed E-state index contributed by atoms with van der Waals surface area (Å²) in [5.74, 6) is -1.12. The van der Waals surface area contributed by atoms with Gasteiger partial charge in [0.1, 0.15) is 6.04 Å². The van der Waals surface area contributed by atoms with Crippen LogP contribution in [-0.2, 0) is 4.79 Å². The third-order valence-electron chi connectivity index (χ3n) is 5.10. The fourth-order valence-electron chi connectivity index (χ4n) is 3.18. The summed E-state index contributed by atoms with van der Waals surface area (Å²) in [4.78, 5) is 41.6. The predicted octanol–water partition coefficient (Wildman–Crippen LogP) is 1.91. The van der Waals surface area contributed by atoms with Crippen molar-refractivity contribution >= 4 is 23.8 Å². The van der Waals surface area contributed by atoms with Crippen LogP contribution in [0.2, 0.25) is 0 Å². The van der Waals surface area contributed by atoms with E-state index in [9.17, 15) is 14.4 Å². The quantitative estimate of drug-likeness (QED) is 0.202. The second-order valence-corrected chi connectivity index (χ2v) is 7.66. The number of carboxylic acids is 1. The van der Waals surface area contributed by atoms with Crippen molar-refractivity contribution in [3.05, 3.63) is 71.8 Å². The summed E-state index contributed by atoms with van der Waals surface area (Å²) < 4.78 is 0. The summed E-state index contributed by atoms with van der Waals surface area (Å²) in [7, 11) is 0. The average Bonchev–Trinajstić information content (AvgIpc) is 2.84. The Morgan fingerprint density at radius 1 is 0.970 bits per heavy atom. The van der Waals surface area contributed by atoms with Crippen molar-refractivity contribution in [2.24, 2.45) is 10.7 Å². The van der Waals surface area contributed by atoms with Crippen molar-refractivity contribution in [3.8, 4) is 0 Å². The first-order valence-electron chi connectivity index (χ1n) is 11.1. The lowest BCUT2D eigenvalue weighted by molar-refractivity contribution is -0.138. The monoisotopic (exact) mass is 452 g/mol.